The number of thiophene rings is 1. The molecule has 0 bridgehead atoms. The quantitative estimate of drug-likeness (QED) is 0.523. The average molecular weight is 595 g/mol. The summed E-state index contributed by atoms with van der Waals surface area (Å²) in [5, 5.41) is 3.15. The lowest BCUT2D eigenvalue weighted by Gasteiger charge is -2.37. The minimum Gasteiger partial charge on any atom is -0.399 e. The zero-order valence-corrected chi connectivity index (χ0v) is 25.1. The van der Waals surface area contributed by atoms with Crippen LogP contribution in [-0.2, 0) is 19.2 Å². The minimum atomic E-state index is -0.881. The van der Waals surface area contributed by atoms with Crippen LogP contribution in [0.1, 0.15) is 52.9 Å². The molecule has 0 saturated carbocycles. The Bertz CT molecular complexity index is 1340. The summed E-state index contributed by atoms with van der Waals surface area (Å²) < 4.78 is 5.54. The molecule has 224 valence electrons. The van der Waals surface area contributed by atoms with Gasteiger partial charge in [-0.15, -0.1) is 0 Å². The summed E-state index contributed by atoms with van der Waals surface area (Å²) in [7, 11) is 0. The molecule has 2 aromatic rings. The van der Waals surface area contributed by atoms with Crippen LogP contribution in [-0.4, -0.2) is 88.1 Å². The number of nitrogens with one attached hydrogen (secondary N) is 1. The van der Waals surface area contributed by atoms with Crippen molar-refractivity contribution in [3.63, 3.8) is 0 Å². The number of ether oxygens (including phenoxy) is 1. The van der Waals surface area contributed by atoms with E-state index in [1.54, 1.807) is 15.9 Å². The van der Waals surface area contributed by atoms with E-state index in [0.29, 0.717) is 37.4 Å². The number of carbonyl (C=O) groups excluding carboxylic acids is 5. The molecule has 0 spiro atoms. The highest BCUT2D eigenvalue weighted by Gasteiger charge is 2.53. The molecule has 1 N–H and O–H groups in total. The lowest BCUT2D eigenvalue weighted by atomic mass is 10.00. The van der Waals surface area contributed by atoms with Gasteiger partial charge in [0.25, 0.3) is 0 Å². The molecular weight excluding hydrogens is 556 g/mol. The van der Waals surface area contributed by atoms with Crippen molar-refractivity contribution in [1.29, 1.82) is 0 Å². The Kier molecular flexibility index (Phi) is 8.96. The first kappa shape index (κ1) is 29.8. The second-order valence-corrected chi connectivity index (χ2v) is 12.7. The second kappa shape index (κ2) is 12.6. The van der Waals surface area contributed by atoms with E-state index in [1.807, 2.05) is 50.2 Å². The summed E-state index contributed by atoms with van der Waals surface area (Å²) in [6.45, 7) is 6.14. The highest BCUT2D eigenvalue weighted by atomic mass is 32.1. The summed E-state index contributed by atoms with van der Waals surface area (Å²) in [6, 6.07) is 10.7. The van der Waals surface area contributed by atoms with Crippen LogP contribution >= 0.6 is 11.3 Å². The number of nitrogens with zero attached hydrogens (tertiary/aromatic N) is 3. The predicted octanol–water partition coefficient (Wildman–Crippen LogP) is 3.70. The number of likely N-dealkylation sites (tertiary alicyclic amines) is 3. The number of carbonyl (C=O) groups is 5. The summed E-state index contributed by atoms with van der Waals surface area (Å²) in [5.74, 6) is -0.819. The molecule has 3 aliphatic rings. The zero-order chi connectivity index (χ0) is 30.0. The predicted molar refractivity (Wildman–Crippen MR) is 158 cm³/mol. The van der Waals surface area contributed by atoms with E-state index >= 15 is 0 Å². The number of benzene rings is 1. The van der Waals surface area contributed by atoms with Gasteiger partial charge in [0.15, 0.2) is 10.8 Å². The Labute approximate surface area is 250 Å². The van der Waals surface area contributed by atoms with Crippen molar-refractivity contribution in [2.45, 2.75) is 77.0 Å². The maximum Gasteiger partial charge on any atom is 0.414 e. The summed E-state index contributed by atoms with van der Waals surface area (Å²) in [5.41, 5.74) is 1.01. The van der Waals surface area contributed by atoms with Crippen LogP contribution in [0.4, 0.5) is 4.79 Å². The van der Waals surface area contributed by atoms with Gasteiger partial charge in [-0.1, -0.05) is 55.5 Å². The number of rotatable bonds is 7. The summed E-state index contributed by atoms with van der Waals surface area (Å²) in [6.07, 6.45) is 2.37. The highest BCUT2D eigenvalue weighted by Crippen LogP contribution is 2.34. The van der Waals surface area contributed by atoms with Crippen molar-refractivity contribution in [2.24, 2.45) is 5.92 Å². The van der Waals surface area contributed by atoms with Crippen LogP contribution in [0.25, 0.3) is 10.4 Å². The lowest BCUT2D eigenvalue weighted by molar-refractivity contribution is -0.147. The Morgan fingerprint density at radius 3 is 2.45 bits per heavy atom. The fraction of sp³-hybridized carbons (Fsp3) is 0.516. The SMILES string of the molecule is CC(=O)N1CCCCC1C(=O)N1CC(=O)C2C1CCN2C(=O)C(CC(C)C)NC(=O)Oc1ccc(-c2ccccc2)s1. The van der Waals surface area contributed by atoms with Crippen molar-refractivity contribution in [3.8, 4) is 15.5 Å². The zero-order valence-electron chi connectivity index (χ0n) is 24.3. The van der Waals surface area contributed by atoms with Gasteiger partial charge >= 0.3 is 6.09 Å². The number of fused-ring (bicyclic) bond motifs is 1. The van der Waals surface area contributed by atoms with Crippen molar-refractivity contribution in [3.05, 3.63) is 42.5 Å². The molecule has 0 aliphatic carbocycles. The molecule has 3 saturated heterocycles. The van der Waals surface area contributed by atoms with Crippen LogP contribution in [0, 0.1) is 5.92 Å². The second-order valence-electron chi connectivity index (χ2n) is 11.7. The van der Waals surface area contributed by atoms with E-state index < -0.39 is 30.3 Å². The van der Waals surface area contributed by atoms with E-state index in [-0.39, 0.29) is 36.0 Å². The number of ketones is 1. The summed E-state index contributed by atoms with van der Waals surface area (Å²) in [4.78, 5) is 71.4. The molecule has 3 fully saturated rings. The van der Waals surface area contributed by atoms with Gasteiger partial charge in [0.05, 0.1) is 12.6 Å². The minimum absolute atomic E-state index is 0.0768. The van der Waals surface area contributed by atoms with Crippen molar-refractivity contribution < 1.29 is 28.7 Å². The molecule has 3 aliphatic heterocycles. The first-order valence-electron chi connectivity index (χ1n) is 14.7. The third kappa shape index (κ3) is 6.21. The standard InChI is InChI=1S/C31H38N4O6S/c1-19(2)17-22(32-31(40)41-27-13-12-26(42-27)21-9-5-4-6-10-21)29(38)34-16-14-23-28(34)25(37)18-35(23)30(39)24-11-7-8-15-33(24)20(3)36/h4-6,9-10,12-13,19,22-24,28H,7-8,11,14-18H2,1-3H3,(H,32,40). The van der Waals surface area contributed by atoms with E-state index in [4.69, 9.17) is 4.74 Å². The van der Waals surface area contributed by atoms with Gasteiger partial charge in [0.1, 0.15) is 18.1 Å². The average Bonchev–Trinajstić information content (AvgIpc) is 3.69. The van der Waals surface area contributed by atoms with Gasteiger partial charge in [-0.2, -0.15) is 0 Å². The molecule has 11 heteroatoms. The van der Waals surface area contributed by atoms with Crippen LogP contribution in [0.3, 0.4) is 0 Å². The van der Waals surface area contributed by atoms with Crippen molar-refractivity contribution in [2.75, 3.05) is 19.6 Å². The van der Waals surface area contributed by atoms with Gasteiger partial charge < -0.3 is 24.8 Å². The smallest absolute Gasteiger partial charge is 0.399 e. The third-order valence-electron chi connectivity index (χ3n) is 8.31. The number of hydrogen-bond donors (Lipinski definition) is 1. The fourth-order valence-electron chi connectivity index (χ4n) is 6.40. The molecule has 4 heterocycles. The van der Waals surface area contributed by atoms with Crippen molar-refractivity contribution >= 4 is 40.9 Å². The number of hydrogen-bond acceptors (Lipinski definition) is 7. The largest absolute Gasteiger partial charge is 0.414 e. The van der Waals surface area contributed by atoms with E-state index in [0.717, 1.165) is 23.3 Å². The van der Waals surface area contributed by atoms with Crippen LogP contribution in [0.2, 0.25) is 0 Å². The Hall–Kier alpha value is -3.73. The maximum atomic E-state index is 13.8. The van der Waals surface area contributed by atoms with Crippen LogP contribution in [0.15, 0.2) is 42.5 Å². The molecule has 1 aromatic carbocycles. The number of Topliss-reactive ketones (excluding diaryl/α,β-unsaturated/α-hetero) is 1. The molecule has 4 amide bonds. The third-order valence-corrected chi connectivity index (χ3v) is 9.32. The Balaban J connectivity index is 1.26. The first-order chi connectivity index (χ1) is 20.1. The molecule has 5 rings (SSSR count). The molecule has 4 unspecified atom stereocenters. The Morgan fingerprint density at radius 1 is 0.976 bits per heavy atom. The van der Waals surface area contributed by atoms with Gasteiger partial charge in [0, 0.05) is 24.9 Å². The van der Waals surface area contributed by atoms with Gasteiger partial charge in [-0.3, -0.25) is 19.2 Å². The van der Waals surface area contributed by atoms with E-state index in [1.165, 1.54) is 23.2 Å². The topological polar surface area (TPSA) is 116 Å². The van der Waals surface area contributed by atoms with Crippen molar-refractivity contribution in [1.82, 2.24) is 20.0 Å². The number of amides is 4. The molecule has 42 heavy (non-hydrogen) atoms. The molecule has 10 nitrogen and oxygen atoms in total. The molecule has 4 atom stereocenters. The van der Waals surface area contributed by atoms with E-state index in [9.17, 15) is 24.0 Å². The highest BCUT2D eigenvalue weighted by molar-refractivity contribution is 7.17. The maximum absolute atomic E-state index is 13.8. The normalized spacial score (nSPS) is 22.7. The molecule has 0 radical (unpaired) electrons. The lowest BCUT2D eigenvalue weighted by Crippen LogP contribution is -2.55. The monoisotopic (exact) mass is 594 g/mol. The van der Waals surface area contributed by atoms with E-state index in [2.05, 4.69) is 5.32 Å². The van der Waals surface area contributed by atoms with Gasteiger partial charge in [-0.05, 0) is 55.7 Å². The fourth-order valence-corrected chi connectivity index (χ4v) is 7.26. The first-order valence-corrected chi connectivity index (χ1v) is 15.5. The molecule has 1 aromatic heterocycles. The summed E-state index contributed by atoms with van der Waals surface area (Å²) >= 11 is 1.33. The van der Waals surface area contributed by atoms with Gasteiger partial charge in [0.2, 0.25) is 17.7 Å². The van der Waals surface area contributed by atoms with Gasteiger partial charge in [-0.25, -0.2) is 4.79 Å². The molecular formula is C31H38N4O6S. The number of piperidine rings is 1. The Morgan fingerprint density at radius 2 is 1.74 bits per heavy atom. The van der Waals surface area contributed by atoms with Crippen LogP contribution in [0.5, 0.6) is 5.06 Å². The van der Waals surface area contributed by atoms with Crippen LogP contribution < -0.4 is 10.1 Å².